The number of carbonyl (C=O) groups excluding carboxylic acids is 1. The maximum absolute atomic E-state index is 11.6. The number of aromatic amines is 1. The molecule has 0 bridgehead atoms. The Morgan fingerprint density at radius 1 is 1.35 bits per heavy atom. The molecular formula is C11H10N4OS. The van der Waals surface area contributed by atoms with Crippen LogP contribution in [0.2, 0.25) is 0 Å². The Kier molecular flexibility index (Phi) is 2.29. The van der Waals surface area contributed by atoms with E-state index >= 15 is 0 Å². The van der Waals surface area contributed by atoms with Gasteiger partial charge in [0, 0.05) is 17.5 Å². The zero-order valence-corrected chi connectivity index (χ0v) is 9.67. The predicted octanol–water partition coefficient (Wildman–Crippen LogP) is 0.478. The Bertz CT molecular complexity index is 606. The largest absolute Gasteiger partial charge is 0.350 e. The molecule has 2 aromatic rings. The fourth-order valence-electron chi connectivity index (χ4n) is 1.98. The normalized spacial score (nSPS) is 19.4. The number of carbonyl (C=O) groups is 1. The summed E-state index contributed by atoms with van der Waals surface area (Å²) in [5.41, 5.74) is 1.85. The number of thiocarbonyl (C=S) groups is 1. The van der Waals surface area contributed by atoms with Crippen molar-refractivity contribution in [2.45, 2.75) is 12.5 Å². The topological polar surface area (TPSA) is 69.8 Å². The number of nitrogens with one attached hydrogen (secondary N) is 3. The molecule has 3 rings (SSSR count). The lowest BCUT2D eigenvalue weighted by atomic mass is 10.1. The summed E-state index contributed by atoms with van der Waals surface area (Å²) < 4.78 is 0. The van der Waals surface area contributed by atoms with Crippen LogP contribution >= 0.6 is 12.2 Å². The van der Waals surface area contributed by atoms with E-state index in [1.807, 2.05) is 24.3 Å². The number of rotatable bonds is 2. The van der Waals surface area contributed by atoms with Crippen molar-refractivity contribution < 1.29 is 4.79 Å². The fraction of sp³-hybridized carbons (Fsp3) is 0.182. The molecule has 6 heteroatoms. The smallest absolute Gasteiger partial charge is 0.249 e. The number of para-hydroxylation sites is 1. The van der Waals surface area contributed by atoms with Crippen LogP contribution in [0.5, 0.6) is 0 Å². The van der Waals surface area contributed by atoms with E-state index in [-0.39, 0.29) is 11.9 Å². The van der Waals surface area contributed by atoms with Gasteiger partial charge in [-0.3, -0.25) is 9.89 Å². The molecule has 1 aliphatic heterocycles. The van der Waals surface area contributed by atoms with Gasteiger partial charge in [0.15, 0.2) is 5.11 Å². The van der Waals surface area contributed by atoms with E-state index in [0.717, 1.165) is 16.6 Å². The van der Waals surface area contributed by atoms with E-state index in [4.69, 9.17) is 12.2 Å². The van der Waals surface area contributed by atoms with Gasteiger partial charge in [0.25, 0.3) is 0 Å². The Balaban J connectivity index is 1.90. The number of hydrogen-bond donors (Lipinski definition) is 3. The van der Waals surface area contributed by atoms with E-state index in [0.29, 0.717) is 11.5 Å². The first-order valence-electron chi connectivity index (χ1n) is 5.27. The Morgan fingerprint density at radius 2 is 2.18 bits per heavy atom. The van der Waals surface area contributed by atoms with Crippen LogP contribution in [0.4, 0.5) is 0 Å². The molecule has 0 spiro atoms. The number of benzene rings is 1. The highest BCUT2D eigenvalue weighted by atomic mass is 32.1. The molecule has 1 fully saturated rings. The third-order valence-electron chi connectivity index (χ3n) is 2.81. The summed E-state index contributed by atoms with van der Waals surface area (Å²) in [6.45, 7) is 0. The zero-order valence-electron chi connectivity index (χ0n) is 8.86. The van der Waals surface area contributed by atoms with E-state index in [9.17, 15) is 4.79 Å². The van der Waals surface area contributed by atoms with Gasteiger partial charge in [0.05, 0.1) is 5.52 Å². The van der Waals surface area contributed by atoms with Gasteiger partial charge in [-0.2, -0.15) is 5.10 Å². The van der Waals surface area contributed by atoms with Gasteiger partial charge in [0.1, 0.15) is 6.04 Å². The summed E-state index contributed by atoms with van der Waals surface area (Å²) in [7, 11) is 0. The minimum atomic E-state index is -0.314. The van der Waals surface area contributed by atoms with E-state index in [1.165, 1.54) is 0 Å². The van der Waals surface area contributed by atoms with Crippen molar-refractivity contribution in [3.8, 4) is 0 Å². The lowest BCUT2D eigenvalue weighted by Crippen LogP contribution is -2.31. The minimum absolute atomic E-state index is 0.0892. The lowest BCUT2D eigenvalue weighted by Gasteiger charge is -2.05. The monoisotopic (exact) mass is 246 g/mol. The van der Waals surface area contributed by atoms with Gasteiger partial charge in [-0.15, -0.1) is 0 Å². The van der Waals surface area contributed by atoms with Crippen LogP contribution in [0.1, 0.15) is 5.69 Å². The molecule has 1 amide bonds. The highest BCUT2D eigenvalue weighted by Crippen LogP contribution is 2.17. The third-order valence-corrected chi connectivity index (χ3v) is 3.03. The Labute approximate surface area is 103 Å². The van der Waals surface area contributed by atoms with Crippen molar-refractivity contribution in [1.82, 2.24) is 20.8 Å². The summed E-state index contributed by atoms with van der Waals surface area (Å²) in [4.78, 5) is 11.6. The van der Waals surface area contributed by atoms with Crippen LogP contribution in [-0.2, 0) is 11.2 Å². The number of aromatic nitrogens is 2. The van der Waals surface area contributed by atoms with Crippen molar-refractivity contribution in [1.29, 1.82) is 0 Å². The quantitative estimate of drug-likeness (QED) is 0.674. The molecule has 1 aromatic heterocycles. The SMILES string of the molecule is O=C1NC(=S)NC1Cc1[nH]nc2ccccc12. The van der Waals surface area contributed by atoms with Crippen molar-refractivity contribution in [2.75, 3.05) is 0 Å². The average molecular weight is 246 g/mol. The number of hydrogen-bond acceptors (Lipinski definition) is 3. The number of amides is 1. The zero-order chi connectivity index (χ0) is 11.8. The van der Waals surface area contributed by atoms with Crippen LogP contribution in [0.3, 0.4) is 0 Å². The van der Waals surface area contributed by atoms with Gasteiger partial charge in [-0.05, 0) is 18.3 Å². The van der Waals surface area contributed by atoms with Gasteiger partial charge in [0.2, 0.25) is 5.91 Å². The highest BCUT2D eigenvalue weighted by molar-refractivity contribution is 7.80. The molecular weight excluding hydrogens is 236 g/mol. The molecule has 5 nitrogen and oxygen atoms in total. The molecule has 1 aromatic carbocycles. The predicted molar refractivity (Wildman–Crippen MR) is 67.5 cm³/mol. The molecule has 2 heterocycles. The van der Waals surface area contributed by atoms with Crippen molar-refractivity contribution in [3.63, 3.8) is 0 Å². The number of nitrogens with zero attached hydrogens (tertiary/aromatic N) is 1. The highest BCUT2D eigenvalue weighted by Gasteiger charge is 2.28. The first-order chi connectivity index (χ1) is 8.24. The molecule has 1 unspecified atom stereocenters. The maximum Gasteiger partial charge on any atom is 0.249 e. The molecule has 3 N–H and O–H groups in total. The summed E-state index contributed by atoms with van der Waals surface area (Å²) in [5.74, 6) is -0.0892. The van der Waals surface area contributed by atoms with Crippen LogP contribution in [-0.4, -0.2) is 27.3 Å². The van der Waals surface area contributed by atoms with E-state index in [1.54, 1.807) is 0 Å². The van der Waals surface area contributed by atoms with E-state index in [2.05, 4.69) is 20.8 Å². The molecule has 0 radical (unpaired) electrons. The lowest BCUT2D eigenvalue weighted by molar-refractivity contribution is -0.120. The second-order valence-corrected chi connectivity index (χ2v) is 4.35. The standard InChI is InChI=1S/C11H10N4OS/c16-10-9(12-11(17)13-10)5-8-6-3-1-2-4-7(6)14-15-8/h1-4,9H,5H2,(H,14,15)(H2,12,13,16,17). The Hall–Kier alpha value is -1.95. The average Bonchev–Trinajstić information content (AvgIpc) is 2.85. The fourth-order valence-corrected chi connectivity index (χ4v) is 2.22. The first kappa shape index (κ1) is 10.2. The summed E-state index contributed by atoms with van der Waals surface area (Å²) in [6, 6.07) is 7.49. The van der Waals surface area contributed by atoms with Gasteiger partial charge in [-0.25, -0.2) is 0 Å². The van der Waals surface area contributed by atoms with Gasteiger partial charge in [-0.1, -0.05) is 18.2 Å². The summed E-state index contributed by atoms with van der Waals surface area (Å²) in [5, 5.41) is 14.1. The van der Waals surface area contributed by atoms with Crippen molar-refractivity contribution >= 4 is 34.1 Å². The third kappa shape index (κ3) is 1.76. The molecule has 1 atom stereocenters. The molecule has 0 aliphatic carbocycles. The van der Waals surface area contributed by atoms with E-state index < -0.39 is 0 Å². The van der Waals surface area contributed by atoms with Crippen LogP contribution < -0.4 is 10.6 Å². The molecule has 1 saturated heterocycles. The maximum atomic E-state index is 11.6. The second-order valence-electron chi connectivity index (χ2n) is 3.94. The number of H-pyrrole nitrogens is 1. The van der Waals surface area contributed by atoms with Crippen LogP contribution in [0, 0.1) is 0 Å². The first-order valence-corrected chi connectivity index (χ1v) is 5.68. The van der Waals surface area contributed by atoms with Gasteiger partial charge >= 0.3 is 0 Å². The molecule has 17 heavy (non-hydrogen) atoms. The van der Waals surface area contributed by atoms with Crippen LogP contribution in [0.25, 0.3) is 10.9 Å². The van der Waals surface area contributed by atoms with Crippen molar-refractivity contribution in [3.05, 3.63) is 30.0 Å². The summed E-state index contributed by atoms with van der Waals surface area (Å²) in [6.07, 6.45) is 0.548. The van der Waals surface area contributed by atoms with Gasteiger partial charge < -0.3 is 10.6 Å². The summed E-state index contributed by atoms with van der Waals surface area (Å²) >= 11 is 4.90. The molecule has 0 saturated carbocycles. The van der Waals surface area contributed by atoms with Crippen molar-refractivity contribution in [2.24, 2.45) is 0 Å². The Morgan fingerprint density at radius 3 is 2.94 bits per heavy atom. The number of fused-ring (bicyclic) bond motifs is 1. The van der Waals surface area contributed by atoms with Crippen LogP contribution in [0.15, 0.2) is 24.3 Å². The minimum Gasteiger partial charge on any atom is -0.350 e. The second kappa shape index (κ2) is 3.81. The molecule has 86 valence electrons. The molecule has 1 aliphatic rings.